The van der Waals surface area contributed by atoms with E-state index in [-0.39, 0.29) is 29.9 Å². The number of likely N-dealkylation sites (tertiary alicyclic amines) is 1. The number of carbonyl (C=O) groups is 3. The van der Waals surface area contributed by atoms with Crippen LogP contribution in [0.2, 0.25) is 0 Å². The van der Waals surface area contributed by atoms with Gasteiger partial charge in [0.25, 0.3) is 5.91 Å². The van der Waals surface area contributed by atoms with Gasteiger partial charge in [0.05, 0.1) is 17.4 Å². The smallest absolute Gasteiger partial charge is 0.311 e. The van der Waals surface area contributed by atoms with Crippen molar-refractivity contribution in [1.82, 2.24) is 10.2 Å². The third kappa shape index (κ3) is 4.85. The van der Waals surface area contributed by atoms with Crippen molar-refractivity contribution in [3.05, 3.63) is 0 Å². The monoisotopic (exact) mass is 414 g/mol. The van der Waals surface area contributed by atoms with E-state index in [2.05, 4.69) is 19.2 Å². The Morgan fingerprint density at radius 2 is 1.96 bits per heavy atom. The second-order valence-electron chi connectivity index (χ2n) is 8.56. The zero-order chi connectivity index (χ0) is 20.5. The van der Waals surface area contributed by atoms with Gasteiger partial charge in [0.1, 0.15) is 0 Å². The lowest BCUT2D eigenvalue weighted by Crippen LogP contribution is -2.45. The van der Waals surface area contributed by atoms with Crippen LogP contribution < -0.4 is 5.32 Å². The van der Waals surface area contributed by atoms with Crippen molar-refractivity contribution < 1.29 is 27.5 Å². The van der Waals surface area contributed by atoms with Crippen molar-refractivity contribution in [3.8, 4) is 0 Å². The molecule has 3 aliphatic rings. The number of carbonyl (C=O) groups excluding carboxylic acids is 3. The predicted molar refractivity (Wildman–Crippen MR) is 102 cm³/mol. The Kier molecular flexibility index (Phi) is 6.31. The maximum Gasteiger partial charge on any atom is 0.311 e. The van der Waals surface area contributed by atoms with Crippen LogP contribution in [0.1, 0.15) is 46.0 Å². The molecule has 0 aromatic rings. The number of sulfone groups is 1. The zero-order valence-electron chi connectivity index (χ0n) is 16.6. The number of nitrogens with one attached hydrogen (secondary N) is 1. The molecule has 2 aliphatic heterocycles. The van der Waals surface area contributed by atoms with Crippen LogP contribution >= 0.6 is 0 Å². The Morgan fingerprint density at radius 1 is 1.21 bits per heavy atom. The summed E-state index contributed by atoms with van der Waals surface area (Å²) in [5, 5.41) is 2.59. The summed E-state index contributed by atoms with van der Waals surface area (Å²) in [6.07, 6.45) is 3.73. The largest absolute Gasteiger partial charge is 0.455 e. The molecule has 158 valence electrons. The van der Waals surface area contributed by atoms with Crippen LogP contribution in [0.4, 0.5) is 0 Å². The first kappa shape index (κ1) is 21.1. The van der Waals surface area contributed by atoms with Crippen molar-refractivity contribution in [2.24, 2.45) is 17.8 Å². The van der Waals surface area contributed by atoms with Gasteiger partial charge < -0.3 is 15.0 Å². The molecule has 9 heteroatoms. The molecule has 1 saturated carbocycles. The number of ether oxygens (including phenoxy) is 1. The first-order chi connectivity index (χ1) is 13.2. The molecule has 0 aromatic heterocycles. The second-order valence-corrected chi connectivity index (χ2v) is 10.8. The van der Waals surface area contributed by atoms with E-state index in [1.54, 1.807) is 0 Å². The van der Waals surface area contributed by atoms with Gasteiger partial charge in [-0.05, 0) is 24.7 Å². The van der Waals surface area contributed by atoms with Crippen LogP contribution in [0, 0.1) is 17.8 Å². The first-order valence-electron chi connectivity index (χ1n) is 10.1. The minimum absolute atomic E-state index is 0.0199. The molecule has 0 bridgehead atoms. The average Bonchev–Trinajstić information content (AvgIpc) is 3.17. The van der Waals surface area contributed by atoms with Crippen LogP contribution in [0.15, 0.2) is 0 Å². The van der Waals surface area contributed by atoms with Crippen LogP contribution in [0.25, 0.3) is 0 Å². The van der Waals surface area contributed by atoms with Gasteiger partial charge in [-0.2, -0.15) is 0 Å². The molecular weight excluding hydrogens is 384 g/mol. The average molecular weight is 415 g/mol. The minimum atomic E-state index is -3.08. The van der Waals surface area contributed by atoms with E-state index in [1.807, 2.05) is 4.90 Å². The van der Waals surface area contributed by atoms with Crippen LogP contribution in [0.5, 0.6) is 0 Å². The highest BCUT2D eigenvalue weighted by molar-refractivity contribution is 7.91. The Balaban J connectivity index is 1.46. The maximum atomic E-state index is 12.5. The quantitative estimate of drug-likeness (QED) is 0.656. The summed E-state index contributed by atoms with van der Waals surface area (Å²) < 4.78 is 28.0. The van der Waals surface area contributed by atoms with Gasteiger partial charge in [-0.25, -0.2) is 8.42 Å². The lowest BCUT2D eigenvalue weighted by molar-refractivity contribution is -0.152. The van der Waals surface area contributed by atoms with Crippen molar-refractivity contribution >= 4 is 27.6 Å². The van der Waals surface area contributed by atoms with E-state index in [4.69, 9.17) is 4.74 Å². The van der Waals surface area contributed by atoms with Crippen molar-refractivity contribution in [2.75, 3.05) is 24.7 Å². The highest BCUT2D eigenvalue weighted by Gasteiger charge is 2.42. The van der Waals surface area contributed by atoms with E-state index < -0.39 is 40.3 Å². The Hall–Kier alpha value is -1.64. The second kappa shape index (κ2) is 8.39. The highest BCUT2D eigenvalue weighted by atomic mass is 32.2. The molecule has 0 aromatic carbocycles. The van der Waals surface area contributed by atoms with Crippen molar-refractivity contribution in [1.29, 1.82) is 0 Å². The van der Waals surface area contributed by atoms with Gasteiger partial charge >= 0.3 is 5.97 Å². The summed E-state index contributed by atoms with van der Waals surface area (Å²) in [7, 11) is -3.08. The Morgan fingerprint density at radius 3 is 2.64 bits per heavy atom. The van der Waals surface area contributed by atoms with E-state index in [0.29, 0.717) is 24.8 Å². The number of hydrogen-bond donors (Lipinski definition) is 1. The van der Waals surface area contributed by atoms with Gasteiger partial charge in [0.2, 0.25) is 5.91 Å². The molecule has 5 atom stereocenters. The first-order valence-corrected chi connectivity index (χ1v) is 11.9. The molecule has 2 saturated heterocycles. The van der Waals surface area contributed by atoms with Crippen LogP contribution in [-0.2, 0) is 29.0 Å². The third-order valence-corrected chi connectivity index (χ3v) is 8.27. The molecule has 1 aliphatic carbocycles. The molecule has 3 fully saturated rings. The molecule has 0 unspecified atom stereocenters. The minimum Gasteiger partial charge on any atom is -0.455 e. The van der Waals surface area contributed by atoms with Crippen LogP contribution in [-0.4, -0.2) is 67.8 Å². The van der Waals surface area contributed by atoms with Gasteiger partial charge in [-0.1, -0.05) is 26.7 Å². The molecule has 1 N–H and O–H groups in total. The fraction of sp³-hybridized carbons (Fsp3) is 0.842. The van der Waals surface area contributed by atoms with Gasteiger partial charge in [-0.3, -0.25) is 14.4 Å². The van der Waals surface area contributed by atoms with E-state index >= 15 is 0 Å². The summed E-state index contributed by atoms with van der Waals surface area (Å²) in [6.45, 7) is 4.27. The van der Waals surface area contributed by atoms with Crippen LogP contribution in [0.3, 0.4) is 0 Å². The SMILES string of the molecule is C[C@@H]1[C@H](C)CCC[C@H]1N1C[C@H](C(=O)OCC(=O)N[C@@H]2CCS(=O)(=O)C2)CC1=O. The molecule has 2 heterocycles. The lowest BCUT2D eigenvalue weighted by atomic mass is 9.77. The highest BCUT2D eigenvalue weighted by Crippen LogP contribution is 2.35. The van der Waals surface area contributed by atoms with Crippen molar-refractivity contribution in [3.63, 3.8) is 0 Å². The van der Waals surface area contributed by atoms with E-state index in [9.17, 15) is 22.8 Å². The molecule has 2 amide bonds. The lowest BCUT2D eigenvalue weighted by Gasteiger charge is -2.39. The third-order valence-electron chi connectivity index (χ3n) is 6.50. The topological polar surface area (TPSA) is 110 Å². The fourth-order valence-electron chi connectivity index (χ4n) is 4.64. The fourth-order valence-corrected chi connectivity index (χ4v) is 6.31. The number of rotatable bonds is 5. The molecule has 0 spiro atoms. The van der Waals surface area contributed by atoms with E-state index in [1.165, 1.54) is 6.42 Å². The summed E-state index contributed by atoms with van der Waals surface area (Å²) in [5.41, 5.74) is 0. The molecule has 3 rings (SSSR count). The summed E-state index contributed by atoms with van der Waals surface area (Å²) in [5.74, 6) is -0.660. The molecule has 28 heavy (non-hydrogen) atoms. The van der Waals surface area contributed by atoms with Gasteiger partial charge in [-0.15, -0.1) is 0 Å². The zero-order valence-corrected chi connectivity index (χ0v) is 17.4. The van der Waals surface area contributed by atoms with E-state index in [0.717, 1.165) is 12.8 Å². The maximum absolute atomic E-state index is 12.5. The number of hydrogen-bond acceptors (Lipinski definition) is 6. The molecule has 0 radical (unpaired) electrons. The number of esters is 1. The Labute approximate surface area is 166 Å². The molecular formula is C19H30N2O6S. The summed E-state index contributed by atoms with van der Waals surface area (Å²) in [4.78, 5) is 38.5. The predicted octanol–water partition coefficient (Wildman–Crippen LogP) is 0.506. The van der Waals surface area contributed by atoms with Crippen molar-refractivity contribution in [2.45, 2.75) is 58.0 Å². The normalized spacial score (nSPS) is 35.0. The van der Waals surface area contributed by atoms with Gasteiger partial charge in [0, 0.05) is 25.0 Å². The summed E-state index contributed by atoms with van der Waals surface area (Å²) in [6, 6.07) is -0.254. The van der Waals surface area contributed by atoms with Gasteiger partial charge in [0.15, 0.2) is 16.4 Å². The standard InChI is InChI=1S/C19H30N2O6S/c1-12-4-3-5-16(13(12)2)21-9-14(8-18(21)23)19(24)27-10-17(22)20-15-6-7-28(25,26)11-15/h12-16H,3-11H2,1-2H3,(H,20,22)/t12-,13-,14-,15-,16-/m1/s1. The summed E-state index contributed by atoms with van der Waals surface area (Å²) >= 11 is 0. The number of nitrogens with zero attached hydrogens (tertiary/aromatic N) is 1. The number of amides is 2. The Bertz CT molecular complexity index is 737. The molecule has 8 nitrogen and oxygen atoms in total.